The summed E-state index contributed by atoms with van der Waals surface area (Å²) in [4.78, 5) is 23.4. The van der Waals surface area contributed by atoms with Gasteiger partial charge in [0.15, 0.2) is 6.61 Å². The molecule has 0 unspecified atom stereocenters. The lowest BCUT2D eigenvalue weighted by Crippen LogP contribution is -2.21. The maximum absolute atomic E-state index is 13.4. The number of hydrogen-bond acceptors (Lipinski definition) is 3. The number of benzene rings is 2. The molecule has 0 heterocycles. The Bertz CT molecular complexity index is 716. The van der Waals surface area contributed by atoms with E-state index in [0.717, 1.165) is 10.0 Å². The largest absolute Gasteiger partial charge is 0.455 e. The van der Waals surface area contributed by atoms with Crippen LogP contribution in [0.15, 0.2) is 46.9 Å². The lowest BCUT2D eigenvalue weighted by atomic mass is 10.2. The Morgan fingerprint density at radius 1 is 1.17 bits per heavy atom. The number of amides is 1. The maximum Gasteiger partial charge on any atom is 0.310 e. The first-order chi connectivity index (χ1) is 10.9. The van der Waals surface area contributed by atoms with Crippen LogP contribution in [0, 0.1) is 12.7 Å². The van der Waals surface area contributed by atoms with Gasteiger partial charge in [0, 0.05) is 10.2 Å². The van der Waals surface area contributed by atoms with Crippen LogP contribution in [-0.2, 0) is 20.7 Å². The van der Waals surface area contributed by atoms with Crippen LogP contribution in [0.3, 0.4) is 0 Å². The monoisotopic (exact) mass is 379 g/mol. The zero-order valence-electron chi connectivity index (χ0n) is 12.4. The SMILES string of the molecule is Cc1ccc(NC(=O)COC(=O)Cc2ccc(Br)cc2)cc1F. The van der Waals surface area contributed by atoms with Crippen molar-refractivity contribution in [3.8, 4) is 0 Å². The van der Waals surface area contributed by atoms with Gasteiger partial charge < -0.3 is 10.1 Å². The first kappa shape index (κ1) is 17.1. The summed E-state index contributed by atoms with van der Waals surface area (Å²) < 4.78 is 19.2. The van der Waals surface area contributed by atoms with Gasteiger partial charge in [0.05, 0.1) is 6.42 Å². The molecule has 23 heavy (non-hydrogen) atoms. The molecule has 2 aromatic rings. The van der Waals surface area contributed by atoms with Gasteiger partial charge in [-0.15, -0.1) is 0 Å². The Morgan fingerprint density at radius 3 is 2.52 bits per heavy atom. The smallest absolute Gasteiger partial charge is 0.310 e. The third kappa shape index (κ3) is 5.49. The third-order valence-electron chi connectivity index (χ3n) is 3.08. The van der Waals surface area contributed by atoms with E-state index in [1.807, 2.05) is 12.1 Å². The Kier molecular flexibility index (Phi) is 5.87. The molecule has 4 nitrogen and oxygen atoms in total. The summed E-state index contributed by atoms with van der Waals surface area (Å²) in [6, 6.07) is 11.6. The number of halogens is 2. The average Bonchev–Trinajstić information content (AvgIpc) is 2.51. The van der Waals surface area contributed by atoms with E-state index < -0.39 is 24.3 Å². The highest BCUT2D eigenvalue weighted by molar-refractivity contribution is 9.10. The van der Waals surface area contributed by atoms with Gasteiger partial charge in [0.25, 0.3) is 5.91 Å². The maximum atomic E-state index is 13.4. The van der Waals surface area contributed by atoms with Crippen molar-refractivity contribution in [3.05, 3.63) is 63.9 Å². The lowest BCUT2D eigenvalue weighted by Gasteiger charge is -2.07. The lowest BCUT2D eigenvalue weighted by molar-refractivity contribution is -0.146. The third-order valence-corrected chi connectivity index (χ3v) is 3.61. The number of rotatable bonds is 5. The average molecular weight is 380 g/mol. The molecule has 1 N–H and O–H groups in total. The van der Waals surface area contributed by atoms with E-state index in [-0.39, 0.29) is 6.42 Å². The molecule has 0 bridgehead atoms. The van der Waals surface area contributed by atoms with Crippen molar-refractivity contribution in [1.82, 2.24) is 0 Å². The fourth-order valence-corrected chi connectivity index (χ4v) is 2.10. The van der Waals surface area contributed by atoms with Gasteiger partial charge in [0.2, 0.25) is 0 Å². The van der Waals surface area contributed by atoms with Crippen LogP contribution in [0.4, 0.5) is 10.1 Å². The Morgan fingerprint density at radius 2 is 1.87 bits per heavy atom. The number of aryl methyl sites for hydroxylation is 1. The van der Waals surface area contributed by atoms with Crippen molar-refractivity contribution >= 4 is 33.5 Å². The number of hydrogen-bond donors (Lipinski definition) is 1. The second kappa shape index (κ2) is 7.87. The minimum absolute atomic E-state index is 0.0831. The second-order valence-electron chi connectivity index (χ2n) is 4.98. The van der Waals surface area contributed by atoms with Gasteiger partial charge in [-0.3, -0.25) is 9.59 Å². The first-order valence-electron chi connectivity index (χ1n) is 6.90. The van der Waals surface area contributed by atoms with Crippen LogP contribution in [0.25, 0.3) is 0 Å². The van der Waals surface area contributed by atoms with E-state index in [1.165, 1.54) is 6.07 Å². The molecule has 0 saturated carbocycles. The molecular formula is C17H15BrFNO3. The molecule has 120 valence electrons. The molecule has 0 radical (unpaired) electrons. The predicted molar refractivity (Wildman–Crippen MR) is 88.6 cm³/mol. The molecule has 0 saturated heterocycles. The molecule has 0 spiro atoms. The number of carbonyl (C=O) groups is 2. The van der Waals surface area contributed by atoms with Crippen LogP contribution < -0.4 is 5.32 Å². The zero-order chi connectivity index (χ0) is 16.8. The van der Waals surface area contributed by atoms with Crippen LogP contribution >= 0.6 is 15.9 Å². The summed E-state index contributed by atoms with van der Waals surface area (Å²) in [7, 11) is 0. The van der Waals surface area contributed by atoms with E-state index in [4.69, 9.17) is 4.74 Å². The van der Waals surface area contributed by atoms with Crippen molar-refractivity contribution in [2.24, 2.45) is 0 Å². The summed E-state index contributed by atoms with van der Waals surface area (Å²) in [6.07, 6.45) is 0.0831. The molecule has 0 fully saturated rings. The van der Waals surface area contributed by atoms with Crippen LogP contribution in [0.1, 0.15) is 11.1 Å². The van der Waals surface area contributed by atoms with Crippen molar-refractivity contribution < 1.29 is 18.7 Å². The standard InChI is InChI=1S/C17H15BrFNO3/c1-11-2-7-14(9-15(11)19)20-16(21)10-23-17(22)8-12-3-5-13(18)6-4-12/h2-7,9H,8,10H2,1H3,(H,20,21). The Balaban J connectivity index is 1.80. The van der Waals surface area contributed by atoms with E-state index >= 15 is 0 Å². The topological polar surface area (TPSA) is 55.4 Å². The number of anilines is 1. The Hall–Kier alpha value is -2.21. The second-order valence-corrected chi connectivity index (χ2v) is 5.89. The highest BCUT2D eigenvalue weighted by Gasteiger charge is 2.09. The van der Waals surface area contributed by atoms with Crippen LogP contribution in [-0.4, -0.2) is 18.5 Å². The normalized spacial score (nSPS) is 10.2. The van der Waals surface area contributed by atoms with Gasteiger partial charge >= 0.3 is 5.97 Å². The molecule has 0 atom stereocenters. The van der Waals surface area contributed by atoms with Crippen LogP contribution in [0.5, 0.6) is 0 Å². The number of esters is 1. The molecule has 0 aromatic heterocycles. The van der Waals surface area contributed by atoms with Crippen molar-refractivity contribution in [2.75, 3.05) is 11.9 Å². The summed E-state index contributed by atoms with van der Waals surface area (Å²) in [6.45, 7) is 1.22. The van der Waals surface area contributed by atoms with Crippen molar-refractivity contribution in [1.29, 1.82) is 0 Å². The number of carbonyl (C=O) groups excluding carboxylic acids is 2. The highest BCUT2D eigenvalue weighted by atomic mass is 79.9. The summed E-state index contributed by atoms with van der Waals surface area (Å²) in [5, 5.41) is 2.47. The van der Waals surface area contributed by atoms with Crippen molar-refractivity contribution in [3.63, 3.8) is 0 Å². The predicted octanol–water partition coefficient (Wildman–Crippen LogP) is 3.62. The number of nitrogens with one attached hydrogen (secondary N) is 1. The summed E-state index contributed by atoms with van der Waals surface area (Å²) in [5.41, 5.74) is 1.60. The molecule has 1 amide bonds. The fraction of sp³-hybridized carbons (Fsp3) is 0.176. The minimum atomic E-state index is -0.516. The van der Waals surface area contributed by atoms with Gasteiger partial charge in [-0.05, 0) is 42.3 Å². The molecular weight excluding hydrogens is 365 g/mol. The number of ether oxygens (including phenoxy) is 1. The fourth-order valence-electron chi connectivity index (χ4n) is 1.83. The molecule has 2 rings (SSSR count). The molecule has 2 aromatic carbocycles. The summed E-state index contributed by atoms with van der Waals surface area (Å²) >= 11 is 3.31. The van der Waals surface area contributed by atoms with Gasteiger partial charge in [-0.2, -0.15) is 0 Å². The van der Waals surface area contributed by atoms with E-state index in [0.29, 0.717) is 11.3 Å². The molecule has 0 aliphatic carbocycles. The van der Waals surface area contributed by atoms with Gasteiger partial charge in [-0.25, -0.2) is 4.39 Å². The molecule has 0 aliphatic heterocycles. The zero-order valence-corrected chi connectivity index (χ0v) is 14.0. The minimum Gasteiger partial charge on any atom is -0.455 e. The summed E-state index contributed by atoms with van der Waals surface area (Å²) in [5.74, 6) is -1.43. The quantitative estimate of drug-likeness (QED) is 0.807. The molecule has 0 aliphatic rings. The van der Waals surface area contributed by atoms with E-state index in [2.05, 4.69) is 21.2 Å². The van der Waals surface area contributed by atoms with E-state index in [1.54, 1.807) is 31.2 Å². The van der Waals surface area contributed by atoms with Crippen molar-refractivity contribution in [2.45, 2.75) is 13.3 Å². The first-order valence-corrected chi connectivity index (χ1v) is 7.69. The van der Waals surface area contributed by atoms with E-state index in [9.17, 15) is 14.0 Å². The Labute approximate surface area is 141 Å². The molecule has 6 heteroatoms. The highest BCUT2D eigenvalue weighted by Crippen LogP contribution is 2.14. The van der Waals surface area contributed by atoms with Gasteiger partial charge in [0.1, 0.15) is 5.82 Å². The van der Waals surface area contributed by atoms with Gasteiger partial charge in [-0.1, -0.05) is 34.1 Å². The van der Waals surface area contributed by atoms with Crippen LogP contribution in [0.2, 0.25) is 0 Å².